The van der Waals surface area contributed by atoms with E-state index in [2.05, 4.69) is 27.2 Å². The van der Waals surface area contributed by atoms with E-state index in [-0.39, 0.29) is 5.91 Å². The highest BCUT2D eigenvalue weighted by atomic mass is 35.5. The third-order valence-corrected chi connectivity index (χ3v) is 4.18. The van der Waals surface area contributed by atoms with Gasteiger partial charge >= 0.3 is 0 Å². The average Bonchev–Trinajstić information content (AvgIpc) is 2.89. The van der Waals surface area contributed by atoms with E-state index in [1.807, 2.05) is 38.1 Å². The van der Waals surface area contributed by atoms with Crippen LogP contribution in [0.3, 0.4) is 0 Å². The van der Waals surface area contributed by atoms with Gasteiger partial charge in [-0.25, -0.2) is 5.43 Å². The molecule has 3 aromatic rings. The maximum absolute atomic E-state index is 12.1. The molecule has 0 bridgehead atoms. The second-order valence-corrected chi connectivity index (χ2v) is 6.14. The van der Waals surface area contributed by atoms with Crippen molar-refractivity contribution in [1.29, 1.82) is 0 Å². The molecule has 0 radical (unpaired) electrons. The molecule has 0 unspecified atom stereocenters. The fraction of sp³-hybridized carbons (Fsp3) is 0.100. The summed E-state index contributed by atoms with van der Waals surface area (Å²) >= 11 is 5.90. The minimum atomic E-state index is -0.296. The van der Waals surface area contributed by atoms with Crippen LogP contribution in [0.25, 0.3) is 5.69 Å². The standard InChI is InChI=1S/C20H18ClN3O/c1-14-11-17(15(2)24(14)19-9-4-3-5-10-19)13-22-23-20(25)16-7-6-8-18(21)12-16/h3-13H,1-2H3,(H,23,25)/b22-13+. The number of hydrazone groups is 1. The molecule has 25 heavy (non-hydrogen) atoms. The zero-order chi connectivity index (χ0) is 17.8. The van der Waals surface area contributed by atoms with Gasteiger partial charge in [0.05, 0.1) is 6.21 Å². The first-order chi connectivity index (χ1) is 12.1. The van der Waals surface area contributed by atoms with Crippen LogP contribution in [0.5, 0.6) is 0 Å². The lowest BCUT2D eigenvalue weighted by Gasteiger charge is -2.08. The SMILES string of the molecule is Cc1cc(/C=N/NC(=O)c2cccc(Cl)c2)c(C)n1-c1ccccc1. The molecule has 1 heterocycles. The van der Waals surface area contributed by atoms with E-state index in [1.165, 1.54) is 0 Å². The van der Waals surface area contributed by atoms with E-state index in [0.717, 1.165) is 22.6 Å². The molecule has 126 valence electrons. The van der Waals surface area contributed by atoms with Crippen molar-refractivity contribution in [2.24, 2.45) is 5.10 Å². The quantitative estimate of drug-likeness (QED) is 0.545. The largest absolute Gasteiger partial charge is 0.318 e. The van der Waals surface area contributed by atoms with E-state index >= 15 is 0 Å². The molecule has 4 nitrogen and oxygen atoms in total. The van der Waals surface area contributed by atoms with Crippen molar-refractivity contribution < 1.29 is 4.79 Å². The van der Waals surface area contributed by atoms with Gasteiger partial charge < -0.3 is 4.57 Å². The van der Waals surface area contributed by atoms with Crippen molar-refractivity contribution in [3.8, 4) is 5.69 Å². The van der Waals surface area contributed by atoms with Crippen molar-refractivity contribution >= 4 is 23.7 Å². The van der Waals surface area contributed by atoms with E-state index in [0.29, 0.717) is 10.6 Å². The molecule has 2 aromatic carbocycles. The Morgan fingerprint density at radius 1 is 1.08 bits per heavy atom. The number of carbonyl (C=O) groups excluding carboxylic acids is 1. The topological polar surface area (TPSA) is 46.4 Å². The number of aromatic nitrogens is 1. The highest BCUT2D eigenvalue weighted by molar-refractivity contribution is 6.30. The van der Waals surface area contributed by atoms with Crippen LogP contribution in [0.4, 0.5) is 0 Å². The van der Waals surface area contributed by atoms with Crippen LogP contribution in [-0.2, 0) is 0 Å². The highest BCUT2D eigenvalue weighted by Crippen LogP contribution is 2.19. The maximum Gasteiger partial charge on any atom is 0.271 e. The van der Waals surface area contributed by atoms with Crippen molar-refractivity contribution in [2.75, 3.05) is 0 Å². The molecule has 1 N–H and O–H groups in total. The van der Waals surface area contributed by atoms with Gasteiger partial charge in [0.15, 0.2) is 0 Å². The molecule has 0 spiro atoms. The minimum absolute atomic E-state index is 0.296. The lowest BCUT2D eigenvalue weighted by Crippen LogP contribution is -2.17. The number of carbonyl (C=O) groups is 1. The number of para-hydroxylation sites is 1. The van der Waals surface area contributed by atoms with Gasteiger partial charge in [-0.15, -0.1) is 0 Å². The number of hydrogen-bond donors (Lipinski definition) is 1. The second kappa shape index (κ2) is 7.36. The number of nitrogens with zero attached hydrogens (tertiary/aromatic N) is 2. The van der Waals surface area contributed by atoms with Gasteiger partial charge in [0, 0.05) is 33.2 Å². The Morgan fingerprint density at radius 3 is 2.56 bits per heavy atom. The van der Waals surface area contributed by atoms with Crippen LogP contribution in [0.2, 0.25) is 5.02 Å². The van der Waals surface area contributed by atoms with Gasteiger partial charge in [-0.2, -0.15) is 5.10 Å². The Hall–Kier alpha value is -2.85. The molecular weight excluding hydrogens is 334 g/mol. The number of nitrogens with one attached hydrogen (secondary N) is 1. The zero-order valence-corrected chi connectivity index (χ0v) is 14.8. The van der Waals surface area contributed by atoms with E-state index < -0.39 is 0 Å². The minimum Gasteiger partial charge on any atom is -0.318 e. The summed E-state index contributed by atoms with van der Waals surface area (Å²) in [7, 11) is 0. The summed E-state index contributed by atoms with van der Waals surface area (Å²) in [5, 5.41) is 4.59. The van der Waals surface area contributed by atoms with Crippen molar-refractivity contribution in [2.45, 2.75) is 13.8 Å². The molecular formula is C20H18ClN3O. The predicted molar refractivity (Wildman–Crippen MR) is 102 cm³/mol. The molecule has 0 aliphatic rings. The Balaban J connectivity index is 1.77. The maximum atomic E-state index is 12.1. The first kappa shape index (κ1) is 17.0. The first-order valence-corrected chi connectivity index (χ1v) is 8.27. The van der Waals surface area contributed by atoms with Gasteiger partial charge in [0.1, 0.15) is 0 Å². The number of hydrogen-bond acceptors (Lipinski definition) is 2. The summed E-state index contributed by atoms with van der Waals surface area (Å²) in [6.45, 7) is 4.07. The van der Waals surface area contributed by atoms with Crippen LogP contribution >= 0.6 is 11.6 Å². The summed E-state index contributed by atoms with van der Waals surface area (Å²) in [6, 6.07) is 18.9. The summed E-state index contributed by atoms with van der Waals surface area (Å²) in [6.07, 6.45) is 1.66. The molecule has 0 atom stereocenters. The van der Waals surface area contributed by atoms with Crippen molar-refractivity contribution in [3.05, 3.63) is 88.2 Å². The first-order valence-electron chi connectivity index (χ1n) is 7.89. The summed E-state index contributed by atoms with van der Waals surface area (Å²) in [5.41, 5.74) is 7.22. The number of halogens is 1. The Labute approximate surface area is 151 Å². The molecule has 0 aliphatic heterocycles. The van der Waals surface area contributed by atoms with Gasteiger partial charge in [-0.05, 0) is 50.2 Å². The second-order valence-electron chi connectivity index (χ2n) is 5.71. The molecule has 0 aliphatic carbocycles. The average molecular weight is 352 g/mol. The Kier molecular flexibility index (Phi) is 5.00. The van der Waals surface area contributed by atoms with E-state index in [1.54, 1.807) is 30.5 Å². The molecule has 1 aromatic heterocycles. The van der Waals surface area contributed by atoms with Crippen LogP contribution < -0.4 is 5.43 Å². The fourth-order valence-corrected chi connectivity index (χ4v) is 2.94. The number of amides is 1. The molecule has 1 amide bonds. The Bertz CT molecular complexity index is 929. The van der Waals surface area contributed by atoms with Crippen LogP contribution in [0, 0.1) is 13.8 Å². The zero-order valence-electron chi connectivity index (χ0n) is 14.0. The summed E-state index contributed by atoms with van der Waals surface area (Å²) < 4.78 is 2.15. The number of aryl methyl sites for hydroxylation is 1. The molecule has 3 rings (SSSR count). The van der Waals surface area contributed by atoms with Crippen molar-refractivity contribution in [3.63, 3.8) is 0 Å². The van der Waals surface area contributed by atoms with Crippen molar-refractivity contribution in [1.82, 2.24) is 9.99 Å². The smallest absolute Gasteiger partial charge is 0.271 e. The lowest BCUT2D eigenvalue weighted by atomic mass is 10.2. The van der Waals surface area contributed by atoms with Gasteiger partial charge in [0.2, 0.25) is 0 Å². The van der Waals surface area contributed by atoms with Gasteiger partial charge in [-0.1, -0.05) is 35.9 Å². The van der Waals surface area contributed by atoms with E-state index in [4.69, 9.17) is 11.6 Å². The van der Waals surface area contributed by atoms with Crippen LogP contribution in [-0.4, -0.2) is 16.7 Å². The predicted octanol–water partition coefficient (Wildman–Crippen LogP) is 4.51. The lowest BCUT2D eigenvalue weighted by molar-refractivity contribution is 0.0955. The fourth-order valence-electron chi connectivity index (χ4n) is 2.75. The molecule has 0 saturated carbocycles. The monoisotopic (exact) mass is 351 g/mol. The molecule has 5 heteroatoms. The number of benzene rings is 2. The highest BCUT2D eigenvalue weighted by Gasteiger charge is 2.09. The van der Waals surface area contributed by atoms with Gasteiger partial charge in [-0.3, -0.25) is 4.79 Å². The third kappa shape index (κ3) is 3.80. The van der Waals surface area contributed by atoms with E-state index in [9.17, 15) is 4.79 Å². The third-order valence-electron chi connectivity index (χ3n) is 3.94. The van der Waals surface area contributed by atoms with Gasteiger partial charge in [0.25, 0.3) is 5.91 Å². The molecule has 0 saturated heterocycles. The summed E-state index contributed by atoms with van der Waals surface area (Å²) in [5.74, 6) is -0.296. The number of rotatable bonds is 4. The van der Waals surface area contributed by atoms with Crippen LogP contribution in [0.1, 0.15) is 27.3 Å². The Morgan fingerprint density at radius 2 is 1.84 bits per heavy atom. The van der Waals surface area contributed by atoms with Crippen LogP contribution in [0.15, 0.2) is 65.8 Å². The summed E-state index contributed by atoms with van der Waals surface area (Å²) in [4.78, 5) is 12.1. The molecule has 0 fully saturated rings. The normalized spacial score (nSPS) is 11.0.